The normalized spacial score (nSPS) is 10.4. The number of amides is 1. The summed E-state index contributed by atoms with van der Waals surface area (Å²) in [7, 11) is 3.93. The number of halogens is 1. The first-order valence-electron chi connectivity index (χ1n) is 10.2. The van der Waals surface area contributed by atoms with Crippen LogP contribution < -0.4 is 15.0 Å². The topological polar surface area (TPSA) is 81.5 Å². The molecule has 7 nitrogen and oxygen atoms in total. The summed E-state index contributed by atoms with van der Waals surface area (Å²) in [5, 5.41) is 13.5. The maximum atomic E-state index is 12.6. The number of rotatable bonds is 10. The van der Waals surface area contributed by atoms with Crippen LogP contribution in [0.25, 0.3) is 10.6 Å². The number of hydrogen-bond donors (Lipinski definition) is 1. The van der Waals surface area contributed by atoms with Gasteiger partial charge >= 0.3 is 0 Å². The first-order chi connectivity index (χ1) is 14.4. The quantitative estimate of drug-likeness (QED) is 0.572. The third-order valence-electron chi connectivity index (χ3n) is 4.72. The van der Waals surface area contributed by atoms with Gasteiger partial charge in [0.15, 0.2) is 0 Å². The van der Waals surface area contributed by atoms with E-state index in [1.54, 1.807) is 0 Å². The van der Waals surface area contributed by atoms with Gasteiger partial charge in [-0.1, -0.05) is 0 Å². The average Bonchev–Trinajstić information content (AvgIpc) is 3.10. The van der Waals surface area contributed by atoms with Crippen LogP contribution in [0, 0.1) is 18.3 Å². The monoisotopic (exact) mass is 465 g/mol. The molecule has 0 atom stereocenters. The second-order valence-electron chi connectivity index (χ2n) is 7.05. The molecule has 0 unspecified atom stereocenters. The van der Waals surface area contributed by atoms with Crippen molar-refractivity contribution in [2.45, 2.75) is 27.7 Å². The maximum Gasteiger partial charge on any atom is 0.263 e. The second-order valence-corrected chi connectivity index (χ2v) is 8.05. The Balaban J connectivity index is 0.00000480. The van der Waals surface area contributed by atoms with Crippen LogP contribution in [0.15, 0.2) is 12.1 Å². The van der Waals surface area contributed by atoms with E-state index in [1.807, 2.05) is 45.0 Å². The van der Waals surface area contributed by atoms with Crippen molar-refractivity contribution in [3.8, 4) is 22.4 Å². The van der Waals surface area contributed by atoms with Crippen LogP contribution in [0.5, 0.6) is 5.75 Å². The number of ether oxygens (including phenoxy) is 1. The van der Waals surface area contributed by atoms with Crippen LogP contribution in [0.2, 0.25) is 0 Å². The van der Waals surface area contributed by atoms with Crippen molar-refractivity contribution in [1.82, 2.24) is 15.2 Å². The number of carbonyl (C=O) groups excluding carboxylic acids is 1. The van der Waals surface area contributed by atoms with Crippen molar-refractivity contribution in [1.29, 1.82) is 5.26 Å². The molecule has 0 aliphatic rings. The Morgan fingerprint density at radius 3 is 2.48 bits per heavy atom. The lowest BCUT2D eigenvalue weighted by molar-refractivity contribution is 0.0954. The van der Waals surface area contributed by atoms with E-state index >= 15 is 0 Å². The third-order valence-corrected chi connectivity index (χ3v) is 5.91. The number of carbonyl (C=O) groups is 1. The van der Waals surface area contributed by atoms with E-state index < -0.39 is 0 Å². The summed E-state index contributed by atoms with van der Waals surface area (Å²) in [6.45, 7) is 11.2. The Labute approximate surface area is 195 Å². The average molecular weight is 466 g/mol. The van der Waals surface area contributed by atoms with Crippen molar-refractivity contribution >= 4 is 35.3 Å². The number of nitrogens with zero attached hydrogens (tertiary/aromatic N) is 4. The Hall–Kier alpha value is -2.34. The summed E-state index contributed by atoms with van der Waals surface area (Å²) in [5.41, 5.74) is 2.77. The van der Waals surface area contributed by atoms with Crippen molar-refractivity contribution < 1.29 is 9.53 Å². The molecule has 1 heterocycles. The van der Waals surface area contributed by atoms with Gasteiger partial charge in [-0.3, -0.25) is 4.79 Å². The van der Waals surface area contributed by atoms with Crippen molar-refractivity contribution in [2.75, 3.05) is 51.8 Å². The Morgan fingerprint density at radius 2 is 1.94 bits per heavy atom. The summed E-state index contributed by atoms with van der Waals surface area (Å²) < 4.78 is 5.91. The van der Waals surface area contributed by atoms with Gasteiger partial charge in [-0.15, -0.1) is 23.7 Å². The van der Waals surface area contributed by atoms with Crippen molar-refractivity contribution in [3.05, 3.63) is 28.3 Å². The molecule has 0 saturated carbocycles. The molecule has 2 rings (SSSR count). The summed E-state index contributed by atoms with van der Waals surface area (Å²) in [6.07, 6.45) is 0. The molecule has 9 heteroatoms. The summed E-state index contributed by atoms with van der Waals surface area (Å²) in [6, 6.07) is 6.19. The fourth-order valence-electron chi connectivity index (χ4n) is 3.17. The summed E-state index contributed by atoms with van der Waals surface area (Å²) >= 11 is 1.32. The number of aromatic nitrogens is 1. The highest BCUT2D eigenvalue weighted by Crippen LogP contribution is 2.40. The summed E-state index contributed by atoms with van der Waals surface area (Å²) in [4.78, 5) is 21.9. The van der Waals surface area contributed by atoms with Crippen LogP contribution in [-0.2, 0) is 0 Å². The highest BCUT2D eigenvalue weighted by atomic mass is 35.5. The molecule has 0 aliphatic heterocycles. The van der Waals surface area contributed by atoms with E-state index in [1.165, 1.54) is 11.3 Å². The van der Waals surface area contributed by atoms with Gasteiger partial charge < -0.3 is 19.9 Å². The van der Waals surface area contributed by atoms with Gasteiger partial charge in [0.1, 0.15) is 27.3 Å². The van der Waals surface area contributed by atoms with Crippen LogP contribution in [0.4, 0.5) is 5.69 Å². The van der Waals surface area contributed by atoms with Gasteiger partial charge in [0.05, 0.1) is 23.6 Å². The van der Waals surface area contributed by atoms with Crippen LogP contribution >= 0.6 is 23.7 Å². The molecular weight excluding hydrogens is 434 g/mol. The zero-order chi connectivity index (χ0) is 22.3. The first kappa shape index (κ1) is 26.7. The maximum absolute atomic E-state index is 12.6. The number of anilines is 1. The number of nitriles is 1. The minimum Gasteiger partial charge on any atom is -0.492 e. The lowest BCUT2D eigenvalue weighted by Gasteiger charge is -2.24. The Morgan fingerprint density at radius 1 is 1.26 bits per heavy atom. The lowest BCUT2D eigenvalue weighted by atomic mass is 10.1. The zero-order valence-corrected chi connectivity index (χ0v) is 20.7. The Kier molecular flexibility index (Phi) is 10.8. The van der Waals surface area contributed by atoms with Gasteiger partial charge in [0.25, 0.3) is 5.91 Å². The van der Waals surface area contributed by atoms with Gasteiger partial charge in [-0.05, 0) is 53.9 Å². The largest absolute Gasteiger partial charge is 0.492 e. The molecular formula is C22H32ClN5O2S. The fraction of sp³-hybridized carbons (Fsp3) is 0.500. The highest BCUT2D eigenvalue weighted by Gasteiger charge is 2.23. The third kappa shape index (κ3) is 6.33. The number of benzene rings is 1. The number of aryl methyl sites for hydroxylation is 1. The van der Waals surface area contributed by atoms with Gasteiger partial charge in [-0.2, -0.15) is 5.26 Å². The van der Waals surface area contributed by atoms with E-state index in [2.05, 4.69) is 35.1 Å². The lowest BCUT2D eigenvalue weighted by Crippen LogP contribution is -2.31. The van der Waals surface area contributed by atoms with Crippen LogP contribution in [0.1, 0.15) is 41.7 Å². The minimum atomic E-state index is -0.128. The zero-order valence-electron chi connectivity index (χ0n) is 19.1. The standard InChI is InChI=1S/C22H31N5O2S.ClH/c1-7-27(8-2)18-11-10-16(19(29-9-3)17(18)14-23)22-25-15(4)20(30-22)21(28)24-12-13-26(5)6;/h10-11H,7-9,12-13H2,1-6H3,(H,24,28);1H. The molecule has 0 bridgehead atoms. The SMILES string of the molecule is CCOc1c(-c2nc(C)c(C(=O)NCCN(C)C)s2)ccc(N(CC)CC)c1C#N.Cl. The molecule has 0 radical (unpaired) electrons. The molecule has 1 N–H and O–H groups in total. The molecule has 1 aromatic heterocycles. The van der Waals surface area contributed by atoms with E-state index in [0.29, 0.717) is 40.0 Å². The number of hydrogen-bond acceptors (Lipinski definition) is 7. The van der Waals surface area contributed by atoms with Crippen molar-refractivity contribution in [2.24, 2.45) is 0 Å². The molecule has 170 valence electrons. The van der Waals surface area contributed by atoms with E-state index in [0.717, 1.165) is 30.9 Å². The number of likely N-dealkylation sites (N-methyl/N-ethyl adjacent to an activating group) is 1. The minimum absolute atomic E-state index is 0. The van der Waals surface area contributed by atoms with Crippen LogP contribution in [0.3, 0.4) is 0 Å². The smallest absolute Gasteiger partial charge is 0.263 e. The predicted molar refractivity (Wildman–Crippen MR) is 130 cm³/mol. The van der Waals surface area contributed by atoms with Gasteiger partial charge in [0.2, 0.25) is 0 Å². The van der Waals surface area contributed by atoms with Gasteiger partial charge in [-0.25, -0.2) is 4.98 Å². The molecule has 0 spiro atoms. The summed E-state index contributed by atoms with van der Waals surface area (Å²) in [5.74, 6) is 0.397. The molecule has 1 amide bonds. The molecule has 0 saturated heterocycles. The molecule has 0 fully saturated rings. The number of nitrogens with one attached hydrogen (secondary N) is 1. The second kappa shape index (κ2) is 12.5. The van der Waals surface area contributed by atoms with Crippen LogP contribution in [-0.4, -0.2) is 62.7 Å². The Bertz CT molecular complexity index is 919. The molecule has 31 heavy (non-hydrogen) atoms. The predicted octanol–water partition coefficient (Wildman–Crippen LogP) is 3.95. The number of thiazole rings is 1. The first-order valence-corrected chi connectivity index (χ1v) is 11.0. The van der Waals surface area contributed by atoms with E-state index in [4.69, 9.17) is 4.74 Å². The van der Waals surface area contributed by atoms with E-state index in [-0.39, 0.29) is 18.3 Å². The molecule has 2 aromatic rings. The fourth-order valence-corrected chi connectivity index (χ4v) is 4.17. The van der Waals surface area contributed by atoms with Crippen molar-refractivity contribution in [3.63, 3.8) is 0 Å². The molecule has 1 aromatic carbocycles. The van der Waals surface area contributed by atoms with E-state index in [9.17, 15) is 10.1 Å². The molecule has 0 aliphatic carbocycles. The highest BCUT2D eigenvalue weighted by molar-refractivity contribution is 7.17. The van der Waals surface area contributed by atoms with Gasteiger partial charge in [0, 0.05) is 26.2 Å².